The second-order valence-corrected chi connectivity index (χ2v) is 4.79. The van der Waals surface area contributed by atoms with Crippen LogP contribution in [0.25, 0.3) is 0 Å². The number of nitrogens with one attached hydrogen (secondary N) is 1. The van der Waals surface area contributed by atoms with Gasteiger partial charge in [-0.2, -0.15) is 0 Å². The summed E-state index contributed by atoms with van der Waals surface area (Å²) in [6.07, 6.45) is 7.21. The summed E-state index contributed by atoms with van der Waals surface area (Å²) in [4.78, 5) is 6.95. The minimum absolute atomic E-state index is 0.716. The second-order valence-electron chi connectivity index (χ2n) is 4.79. The lowest BCUT2D eigenvalue weighted by Gasteiger charge is -2.37. The summed E-state index contributed by atoms with van der Waals surface area (Å²) in [6, 6.07) is 5.09. The first-order chi connectivity index (χ1) is 8.35. The molecule has 1 fully saturated rings. The third-order valence-corrected chi connectivity index (χ3v) is 3.59. The van der Waals surface area contributed by atoms with Gasteiger partial charge in [-0.15, -0.1) is 0 Å². The first-order valence-corrected chi connectivity index (χ1v) is 6.71. The SMILES string of the molecule is CCC1CCCCN1c1ccnc(CNC)c1. The average Bonchev–Trinajstić information content (AvgIpc) is 2.39. The van der Waals surface area contributed by atoms with Crippen LogP contribution in [0.4, 0.5) is 5.69 Å². The third-order valence-electron chi connectivity index (χ3n) is 3.59. The lowest BCUT2D eigenvalue weighted by molar-refractivity contribution is 0.450. The molecule has 0 amide bonds. The predicted molar refractivity (Wildman–Crippen MR) is 72.3 cm³/mol. The molecule has 1 aromatic heterocycles. The smallest absolute Gasteiger partial charge is 0.0562 e. The maximum Gasteiger partial charge on any atom is 0.0562 e. The Hall–Kier alpha value is -1.09. The van der Waals surface area contributed by atoms with Crippen LogP contribution < -0.4 is 10.2 Å². The standard InChI is InChI=1S/C14H23N3/c1-3-13-6-4-5-9-17(13)14-7-8-16-12(10-14)11-15-2/h7-8,10,13,15H,3-6,9,11H2,1-2H3. The number of anilines is 1. The molecule has 2 heterocycles. The molecule has 0 aliphatic carbocycles. The Morgan fingerprint density at radius 2 is 2.35 bits per heavy atom. The average molecular weight is 233 g/mol. The molecule has 1 atom stereocenters. The van der Waals surface area contributed by atoms with Crippen molar-refractivity contribution in [3.63, 3.8) is 0 Å². The third kappa shape index (κ3) is 2.97. The molecule has 1 aliphatic heterocycles. The maximum absolute atomic E-state index is 4.39. The van der Waals surface area contributed by atoms with E-state index in [1.165, 1.54) is 37.9 Å². The van der Waals surface area contributed by atoms with Gasteiger partial charge < -0.3 is 10.2 Å². The van der Waals surface area contributed by atoms with E-state index in [9.17, 15) is 0 Å². The van der Waals surface area contributed by atoms with Gasteiger partial charge in [-0.05, 0) is 44.9 Å². The van der Waals surface area contributed by atoms with Crippen molar-refractivity contribution in [1.29, 1.82) is 0 Å². The lowest BCUT2D eigenvalue weighted by atomic mass is 9.99. The van der Waals surface area contributed by atoms with Crippen LogP contribution >= 0.6 is 0 Å². The molecule has 0 radical (unpaired) electrons. The van der Waals surface area contributed by atoms with Crippen molar-refractivity contribution < 1.29 is 0 Å². The Morgan fingerprint density at radius 3 is 3.12 bits per heavy atom. The Bertz CT molecular complexity index is 351. The molecule has 0 saturated carbocycles. The van der Waals surface area contributed by atoms with Crippen LogP contribution in [0.5, 0.6) is 0 Å². The largest absolute Gasteiger partial charge is 0.368 e. The lowest BCUT2D eigenvalue weighted by Crippen LogP contribution is -2.39. The normalized spacial score (nSPS) is 20.6. The second kappa shape index (κ2) is 6.01. The summed E-state index contributed by atoms with van der Waals surface area (Å²) in [6.45, 7) is 4.33. The molecule has 17 heavy (non-hydrogen) atoms. The minimum Gasteiger partial charge on any atom is -0.368 e. The quantitative estimate of drug-likeness (QED) is 0.866. The molecule has 3 nitrogen and oxygen atoms in total. The van der Waals surface area contributed by atoms with E-state index in [0.717, 1.165) is 12.2 Å². The van der Waals surface area contributed by atoms with Crippen LogP contribution in [-0.4, -0.2) is 24.6 Å². The Kier molecular flexibility index (Phi) is 4.37. The molecule has 94 valence electrons. The van der Waals surface area contributed by atoms with Crippen LogP contribution in [-0.2, 0) is 6.54 Å². The molecule has 1 aliphatic rings. The number of piperidine rings is 1. The van der Waals surface area contributed by atoms with E-state index in [4.69, 9.17) is 0 Å². The minimum atomic E-state index is 0.716. The fraction of sp³-hybridized carbons (Fsp3) is 0.643. The summed E-state index contributed by atoms with van der Waals surface area (Å²) in [5.41, 5.74) is 2.47. The molecule has 3 heteroatoms. The van der Waals surface area contributed by atoms with Crippen LogP contribution in [0.3, 0.4) is 0 Å². The van der Waals surface area contributed by atoms with Gasteiger partial charge >= 0.3 is 0 Å². The summed E-state index contributed by atoms with van der Waals surface area (Å²) in [7, 11) is 1.96. The number of rotatable bonds is 4. The van der Waals surface area contributed by atoms with Gasteiger partial charge in [-0.25, -0.2) is 0 Å². The van der Waals surface area contributed by atoms with Gasteiger partial charge in [-0.1, -0.05) is 6.92 Å². The van der Waals surface area contributed by atoms with Gasteiger partial charge in [0.05, 0.1) is 5.69 Å². The van der Waals surface area contributed by atoms with Gasteiger partial charge in [0, 0.05) is 31.0 Å². The van der Waals surface area contributed by atoms with E-state index < -0.39 is 0 Å². The molecular formula is C14H23N3. The Morgan fingerprint density at radius 1 is 1.47 bits per heavy atom. The highest BCUT2D eigenvalue weighted by molar-refractivity contribution is 5.48. The highest BCUT2D eigenvalue weighted by Gasteiger charge is 2.21. The number of pyridine rings is 1. The summed E-state index contributed by atoms with van der Waals surface area (Å²) in [5, 5.41) is 3.16. The summed E-state index contributed by atoms with van der Waals surface area (Å²) >= 11 is 0. The zero-order valence-corrected chi connectivity index (χ0v) is 10.9. The van der Waals surface area contributed by atoms with Crippen molar-refractivity contribution in [2.75, 3.05) is 18.5 Å². The fourth-order valence-corrected chi connectivity index (χ4v) is 2.69. The van der Waals surface area contributed by atoms with E-state index in [1.54, 1.807) is 0 Å². The van der Waals surface area contributed by atoms with Crippen LogP contribution in [0.1, 0.15) is 38.3 Å². The molecule has 0 aromatic carbocycles. The molecular weight excluding hydrogens is 210 g/mol. The van der Waals surface area contributed by atoms with Crippen molar-refractivity contribution >= 4 is 5.69 Å². The first kappa shape index (κ1) is 12.4. The van der Waals surface area contributed by atoms with Gasteiger partial charge in [0.25, 0.3) is 0 Å². The van der Waals surface area contributed by atoms with Gasteiger partial charge in [-0.3, -0.25) is 4.98 Å². The number of hydrogen-bond acceptors (Lipinski definition) is 3. The molecule has 2 rings (SSSR count). The monoisotopic (exact) mass is 233 g/mol. The number of nitrogens with zero attached hydrogens (tertiary/aromatic N) is 2. The zero-order chi connectivity index (χ0) is 12.1. The van der Waals surface area contributed by atoms with Crippen molar-refractivity contribution in [3.8, 4) is 0 Å². The molecule has 1 N–H and O–H groups in total. The van der Waals surface area contributed by atoms with Crippen molar-refractivity contribution in [2.24, 2.45) is 0 Å². The molecule has 1 aromatic rings. The van der Waals surface area contributed by atoms with Gasteiger partial charge in [0.2, 0.25) is 0 Å². The van der Waals surface area contributed by atoms with Gasteiger partial charge in [0.1, 0.15) is 0 Å². The van der Waals surface area contributed by atoms with E-state index >= 15 is 0 Å². The van der Waals surface area contributed by atoms with E-state index in [2.05, 4.69) is 34.3 Å². The Labute approximate surface area is 104 Å². The first-order valence-electron chi connectivity index (χ1n) is 6.71. The molecule has 0 bridgehead atoms. The topological polar surface area (TPSA) is 28.2 Å². The van der Waals surface area contributed by atoms with Crippen molar-refractivity contribution in [3.05, 3.63) is 24.0 Å². The van der Waals surface area contributed by atoms with Crippen molar-refractivity contribution in [2.45, 2.75) is 45.2 Å². The number of aromatic nitrogens is 1. The summed E-state index contributed by atoms with van der Waals surface area (Å²) < 4.78 is 0. The van der Waals surface area contributed by atoms with Gasteiger partial charge in [0.15, 0.2) is 0 Å². The van der Waals surface area contributed by atoms with E-state index in [1.807, 2.05) is 13.2 Å². The summed E-state index contributed by atoms with van der Waals surface area (Å²) in [5.74, 6) is 0. The van der Waals surface area contributed by atoms with E-state index in [-0.39, 0.29) is 0 Å². The number of hydrogen-bond donors (Lipinski definition) is 1. The highest BCUT2D eigenvalue weighted by Crippen LogP contribution is 2.26. The predicted octanol–water partition coefficient (Wildman–Crippen LogP) is 2.57. The van der Waals surface area contributed by atoms with Crippen LogP contribution in [0.15, 0.2) is 18.3 Å². The van der Waals surface area contributed by atoms with E-state index in [0.29, 0.717) is 6.04 Å². The fourth-order valence-electron chi connectivity index (χ4n) is 2.69. The van der Waals surface area contributed by atoms with Crippen LogP contribution in [0, 0.1) is 0 Å². The molecule has 1 saturated heterocycles. The molecule has 1 unspecified atom stereocenters. The maximum atomic E-state index is 4.39. The Balaban J connectivity index is 2.16. The van der Waals surface area contributed by atoms with Crippen LogP contribution in [0.2, 0.25) is 0 Å². The van der Waals surface area contributed by atoms with Crippen molar-refractivity contribution in [1.82, 2.24) is 10.3 Å². The molecule has 0 spiro atoms. The zero-order valence-electron chi connectivity index (χ0n) is 10.9. The highest BCUT2D eigenvalue weighted by atomic mass is 15.2.